The summed E-state index contributed by atoms with van der Waals surface area (Å²) < 4.78 is 0. The monoisotopic (exact) mass is 323 g/mol. The number of rotatable bonds is 2. The highest BCUT2D eigenvalue weighted by atomic mass is 35.5. The molecular formula is C19H14ClNO2. The van der Waals surface area contributed by atoms with Crippen molar-refractivity contribution in [2.24, 2.45) is 0 Å². The molecule has 0 bridgehead atoms. The maximum atomic E-state index is 12.1. The number of halogens is 1. The van der Waals surface area contributed by atoms with E-state index in [0.717, 1.165) is 18.5 Å². The van der Waals surface area contributed by atoms with Gasteiger partial charge in [0.2, 0.25) is 10.9 Å². The molecule has 1 heterocycles. The van der Waals surface area contributed by atoms with Crippen LogP contribution >= 0.6 is 11.6 Å². The van der Waals surface area contributed by atoms with E-state index in [1.54, 1.807) is 24.3 Å². The first kappa shape index (κ1) is 14.2. The number of anilines is 1. The highest BCUT2D eigenvalue weighted by Crippen LogP contribution is 2.31. The SMILES string of the molecule is O=c1c(-c2ccc(Cl)cc2)c(N2CCc3ccccc3C2)c1=O. The molecule has 0 fully saturated rings. The third kappa shape index (κ3) is 2.28. The van der Waals surface area contributed by atoms with Crippen LogP contribution in [0.15, 0.2) is 58.1 Å². The van der Waals surface area contributed by atoms with E-state index in [1.165, 1.54) is 11.1 Å². The van der Waals surface area contributed by atoms with Gasteiger partial charge in [-0.05, 0) is 35.2 Å². The lowest BCUT2D eigenvalue weighted by atomic mass is 9.94. The number of fused-ring (bicyclic) bond motifs is 1. The Hall–Kier alpha value is -2.39. The molecule has 1 aliphatic rings. The molecule has 0 radical (unpaired) electrons. The zero-order valence-corrected chi connectivity index (χ0v) is 13.1. The van der Waals surface area contributed by atoms with Crippen molar-refractivity contribution in [2.75, 3.05) is 11.4 Å². The summed E-state index contributed by atoms with van der Waals surface area (Å²) in [6, 6.07) is 15.3. The van der Waals surface area contributed by atoms with Gasteiger partial charge in [-0.15, -0.1) is 0 Å². The van der Waals surface area contributed by atoms with E-state index in [1.807, 2.05) is 17.0 Å². The van der Waals surface area contributed by atoms with Gasteiger partial charge in [-0.3, -0.25) is 9.59 Å². The number of hydrogen-bond acceptors (Lipinski definition) is 3. The topological polar surface area (TPSA) is 37.4 Å². The summed E-state index contributed by atoms with van der Waals surface area (Å²) in [6.45, 7) is 1.42. The van der Waals surface area contributed by atoms with Crippen LogP contribution in [0.2, 0.25) is 5.02 Å². The summed E-state index contributed by atoms with van der Waals surface area (Å²) in [5.74, 6) is 0. The normalized spacial score (nSPS) is 14.0. The molecule has 4 rings (SSSR count). The molecule has 0 saturated heterocycles. The highest BCUT2D eigenvalue weighted by molar-refractivity contribution is 6.30. The summed E-state index contributed by atoms with van der Waals surface area (Å²) in [7, 11) is 0. The fraction of sp³-hybridized carbons (Fsp3) is 0.158. The minimum Gasteiger partial charge on any atom is -0.363 e. The van der Waals surface area contributed by atoms with Crippen molar-refractivity contribution >= 4 is 17.3 Å². The molecule has 3 nitrogen and oxygen atoms in total. The third-order valence-electron chi connectivity index (χ3n) is 4.46. The largest absolute Gasteiger partial charge is 0.363 e. The minimum atomic E-state index is -0.402. The fourth-order valence-corrected chi connectivity index (χ4v) is 3.38. The van der Waals surface area contributed by atoms with Crippen molar-refractivity contribution in [3.05, 3.63) is 85.1 Å². The van der Waals surface area contributed by atoms with E-state index in [9.17, 15) is 9.59 Å². The second-order valence-electron chi connectivity index (χ2n) is 5.83. The first-order valence-corrected chi connectivity index (χ1v) is 7.94. The van der Waals surface area contributed by atoms with E-state index in [0.29, 0.717) is 22.8 Å². The summed E-state index contributed by atoms with van der Waals surface area (Å²) in [5, 5.41) is 0.612. The van der Waals surface area contributed by atoms with Crippen molar-refractivity contribution < 1.29 is 0 Å². The first-order chi connectivity index (χ1) is 11.1. The second-order valence-corrected chi connectivity index (χ2v) is 6.27. The standard InChI is InChI=1S/C19H14ClNO2/c20-15-7-5-13(6-8-15)16-17(19(23)18(16)22)21-10-9-12-3-1-2-4-14(12)11-21/h1-8H,9-11H2. The third-order valence-corrected chi connectivity index (χ3v) is 4.72. The summed E-state index contributed by atoms with van der Waals surface area (Å²) in [4.78, 5) is 26.3. The molecule has 1 aliphatic heterocycles. The molecule has 3 aromatic carbocycles. The van der Waals surface area contributed by atoms with Gasteiger partial charge < -0.3 is 4.90 Å². The highest BCUT2D eigenvalue weighted by Gasteiger charge is 2.28. The molecular weight excluding hydrogens is 310 g/mol. The maximum absolute atomic E-state index is 12.1. The predicted octanol–water partition coefficient (Wildman–Crippen LogP) is 3.17. The second kappa shape index (κ2) is 5.36. The number of hydrogen-bond donors (Lipinski definition) is 0. The van der Waals surface area contributed by atoms with Crippen LogP contribution in [0.4, 0.5) is 5.69 Å². The molecule has 3 aromatic rings. The molecule has 0 amide bonds. The van der Waals surface area contributed by atoms with Crippen molar-refractivity contribution in [3.63, 3.8) is 0 Å². The Labute approximate surface area is 138 Å². The molecule has 0 spiro atoms. The number of benzene rings is 2. The average molecular weight is 324 g/mol. The Morgan fingerprint density at radius 2 is 1.57 bits per heavy atom. The molecule has 0 unspecified atom stereocenters. The quantitative estimate of drug-likeness (QED) is 0.680. The van der Waals surface area contributed by atoms with Gasteiger partial charge in [0.25, 0.3) is 0 Å². The van der Waals surface area contributed by atoms with Crippen molar-refractivity contribution in [1.29, 1.82) is 0 Å². The zero-order chi connectivity index (χ0) is 16.0. The lowest BCUT2D eigenvalue weighted by Gasteiger charge is -2.32. The molecule has 23 heavy (non-hydrogen) atoms. The maximum Gasteiger partial charge on any atom is 0.250 e. The summed E-state index contributed by atoms with van der Waals surface area (Å²) in [6.07, 6.45) is 0.884. The Kier molecular flexibility index (Phi) is 3.31. The Morgan fingerprint density at radius 3 is 2.30 bits per heavy atom. The molecule has 0 atom stereocenters. The van der Waals surface area contributed by atoms with Crippen LogP contribution in [0.3, 0.4) is 0 Å². The van der Waals surface area contributed by atoms with Gasteiger partial charge in [-0.25, -0.2) is 0 Å². The first-order valence-electron chi connectivity index (χ1n) is 7.56. The zero-order valence-electron chi connectivity index (χ0n) is 12.4. The van der Waals surface area contributed by atoms with E-state index < -0.39 is 5.43 Å². The molecule has 0 aromatic heterocycles. The Balaban J connectivity index is 1.74. The van der Waals surface area contributed by atoms with Gasteiger partial charge in [0, 0.05) is 18.1 Å². The van der Waals surface area contributed by atoms with Crippen LogP contribution in [0.5, 0.6) is 0 Å². The molecule has 0 saturated carbocycles. The summed E-state index contributed by atoms with van der Waals surface area (Å²) in [5.41, 5.74) is 3.57. The Morgan fingerprint density at radius 1 is 0.870 bits per heavy atom. The van der Waals surface area contributed by atoms with E-state index >= 15 is 0 Å². The van der Waals surface area contributed by atoms with Crippen LogP contribution < -0.4 is 15.8 Å². The minimum absolute atomic E-state index is 0.380. The molecule has 0 aliphatic carbocycles. The predicted molar refractivity (Wildman–Crippen MR) is 93.0 cm³/mol. The van der Waals surface area contributed by atoms with Crippen molar-refractivity contribution in [1.82, 2.24) is 0 Å². The lowest BCUT2D eigenvalue weighted by Crippen LogP contribution is -2.44. The van der Waals surface area contributed by atoms with Gasteiger partial charge in [0.15, 0.2) is 0 Å². The van der Waals surface area contributed by atoms with Gasteiger partial charge in [-0.2, -0.15) is 0 Å². The van der Waals surface area contributed by atoms with Crippen LogP contribution in [0, 0.1) is 0 Å². The van der Waals surface area contributed by atoms with E-state index in [-0.39, 0.29) is 5.43 Å². The van der Waals surface area contributed by atoms with Crippen molar-refractivity contribution in [2.45, 2.75) is 13.0 Å². The molecule has 0 N–H and O–H groups in total. The Bertz CT molecular complexity index is 952. The van der Waals surface area contributed by atoms with Crippen LogP contribution in [0.25, 0.3) is 11.1 Å². The number of nitrogens with zero attached hydrogens (tertiary/aromatic N) is 1. The van der Waals surface area contributed by atoms with Gasteiger partial charge in [0.05, 0.1) is 5.56 Å². The van der Waals surface area contributed by atoms with Crippen LogP contribution in [-0.2, 0) is 13.0 Å². The van der Waals surface area contributed by atoms with E-state index in [4.69, 9.17) is 11.6 Å². The molecule has 114 valence electrons. The van der Waals surface area contributed by atoms with Crippen molar-refractivity contribution in [3.8, 4) is 11.1 Å². The lowest BCUT2D eigenvalue weighted by molar-refractivity contribution is 0.727. The van der Waals surface area contributed by atoms with Crippen LogP contribution in [-0.4, -0.2) is 6.54 Å². The molecule has 4 heteroatoms. The van der Waals surface area contributed by atoms with Gasteiger partial charge in [-0.1, -0.05) is 48.0 Å². The average Bonchev–Trinajstić information content (AvgIpc) is 2.59. The van der Waals surface area contributed by atoms with Gasteiger partial charge >= 0.3 is 0 Å². The summed E-state index contributed by atoms with van der Waals surface area (Å²) >= 11 is 5.91. The van der Waals surface area contributed by atoms with E-state index in [2.05, 4.69) is 12.1 Å². The van der Waals surface area contributed by atoms with Crippen LogP contribution in [0.1, 0.15) is 11.1 Å². The van der Waals surface area contributed by atoms with Gasteiger partial charge in [0.1, 0.15) is 5.69 Å². The fourth-order valence-electron chi connectivity index (χ4n) is 3.25. The smallest absolute Gasteiger partial charge is 0.250 e.